The van der Waals surface area contributed by atoms with Crippen LogP contribution in [0.2, 0.25) is 5.02 Å². The van der Waals surface area contributed by atoms with Gasteiger partial charge in [0.05, 0.1) is 24.8 Å². The van der Waals surface area contributed by atoms with Crippen molar-refractivity contribution in [2.24, 2.45) is 0 Å². The van der Waals surface area contributed by atoms with Crippen molar-refractivity contribution in [3.8, 4) is 28.8 Å². The van der Waals surface area contributed by atoms with Crippen LogP contribution in [0.5, 0.6) is 11.5 Å². The molecule has 0 bridgehead atoms. The monoisotopic (exact) mass is 581 g/mol. The summed E-state index contributed by atoms with van der Waals surface area (Å²) < 4.78 is 18.3. The van der Waals surface area contributed by atoms with Crippen molar-refractivity contribution in [2.75, 3.05) is 39.1 Å². The van der Waals surface area contributed by atoms with Crippen LogP contribution in [0.1, 0.15) is 6.92 Å². The lowest BCUT2D eigenvalue weighted by molar-refractivity contribution is -0.142. The average molecular weight is 582 g/mol. The van der Waals surface area contributed by atoms with Gasteiger partial charge in [0.2, 0.25) is 11.7 Å². The van der Waals surface area contributed by atoms with E-state index in [1.165, 1.54) is 11.8 Å². The van der Waals surface area contributed by atoms with Gasteiger partial charge in [-0.05, 0) is 67.6 Å². The lowest BCUT2D eigenvalue weighted by Gasteiger charge is -2.39. The van der Waals surface area contributed by atoms with Gasteiger partial charge in [0, 0.05) is 30.7 Å². The molecule has 40 heavy (non-hydrogen) atoms. The molecule has 1 fully saturated rings. The van der Waals surface area contributed by atoms with Crippen LogP contribution < -0.4 is 9.47 Å². The van der Waals surface area contributed by atoms with Crippen LogP contribution in [0.3, 0.4) is 0 Å². The predicted octanol–water partition coefficient (Wildman–Crippen LogP) is 4.42. The van der Waals surface area contributed by atoms with Crippen LogP contribution >= 0.6 is 23.4 Å². The van der Waals surface area contributed by atoms with E-state index in [2.05, 4.69) is 10.2 Å². The van der Waals surface area contributed by atoms with Gasteiger partial charge < -0.3 is 23.7 Å². The molecule has 12 heteroatoms. The number of methoxy groups -OCH3 is 1. The molecule has 1 aliphatic heterocycles. The normalized spacial score (nSPS) is 15.2. The molecule has 1 aliphatic rings. The van der Waals surface area contributed by atoms with Crippen molar-refractivity contribution < 1.29 is 23.5 Å². The Morgan fingerprint density at radius 3 is 2.45 bits per heavy atom. The minimum atomic E-state index is -0.141. The number of hydrogen-bond acceptors (Lipinski definition) is 8. The van der Waals surface area contributed by atoms with Gasteiger partial charge in [-0.2, -0.15) is 0 Å². The summed E-state index contributed by atoms with van der Waals surface area (Å²) in [5.41, 5.74) is 0.814. The summed E-state index contributed by atoms with van der Waals surface area (Å²) in [6, 6.07) is 17.8. The summed E-state index contributed by atoms with van der Waals surface area (Å²) >= 11 is 7.20. The maximum Gasteiger partial charge on any atom is 0.260 e. The summed E-state index contributed by atoms with van der Waals surface area (Å²) in [5, 5.41) is 9.84. The Hall–Kier alpha value is -3.96. The third-order valence-electron chi connectivity index (χ3n) is 6.51. The summed E-state index contributed by atoms with van der Waals surface area (Å²) in [5.74, 6) is 2.42. The molecule has 2 amide bonds. The van der Waals surface area contributed by atoms with Crippen LogP contribution in [0.15, 0.2) is 76.5 Å². The first-order valence-corrected chi connectivity index (χ1v) is 14.0. The van der Waals surface area contributed by atoms with E-state index in [9.17, 15) is 9.59 Å². The number of piperazine rings is 1. The zero-order chi connectivity index (χ0) is 28.1. The van der Waals surface area contributed by atoms with Crippen molar-refractivity contribution in [1.82, 2.24) is 24.6 Å². The van der Waals surface area contributed by atoms with E-state index in [1.54, 1.807) is 53.5 Å². The van der Waals surface area contributed by atoms with Crippen LogP contribution in [-0.2, 0) is 9.59 Å². The van der Waals surface area contributed by atoms with Gasteiger partial charge in [-0.3, -0.25) is 14.2 Å². The summed E-state index contributed by atoms with van der Waals surface area (Å²) in [6.45, 7) is 3.18. The van der Waals surface area contributed by atoms with E-state index in [4.69, 9.17) is 25.5 Å². The lowest BCUT2D eigenvalue weighted by atomic mass is 10.2. The molecule has 0 N–H and O–H groups in total. The number of hydrogen-bond donors (Lipinski definition) is 0. The van der Waals surface area contributed by atoms with Gasteiger partial charge in [-0.15, -0.1) is 10.2 Å². The van der Waals surface area contributed by atoms with E-state index in [0.717, 1.165) is 11.4 Å². The summed E-state index contributed by atoms with van der Waals surface area (Å²) in [7, 11) is 1.61. The lowest BCUT2D eigenvalue weighted by Crippen LogP contribution is -2.56. The first-order valence-electron chi connectivity index (χ1n) is 12.6. The topological polar surface area (TPSA) is 103 Å². The highest BCUT2D eigenvalue weighted by Gasteiger charge is 2.30. The molecule has 0 saturated carbocycles. The fourth-order valence-electron chi connectivity index (χ4n) is 4.42. The maximum atomic E-state index is 13.2. The molecule has 0 aliphatic carbocycles. The molecule has 2 aromatic carbocycles. The zero-order valence-corrected chi connectivity index (χ0v) is 23.6. The molecule has 2 aromatic heterocycles. The van der Waals surface area contributed by atoms with E-state index < -0.39 is 0 Å². The highest BCUT2D eigenvalue weighted by Crippen LogP contribution is 2.29. The maximum absolute atomic E-state index is 13.2. The number of amides is 2. The third kappa shape index (κ3) is 6.26. The number of halogens is 1. The Kier molecular flexibility index (Phi) is 8.61. The van der Waals surface area contributed by atoms with Gasteiger partial charge >= 0.3 is 0 Å². The molecule has 1 unspecified atom stereocenters. The molecule has 1 saturated heterocycles. The minimum Gasteiger partial charge on any atom is -0.497 e. The molecule has 0 spiro atoms. The molecular weight excluding hydrogens is 554 g/mol. The number of rotatable bonds is 9. The van der Waals surface area contributed by atoms with Crippen LogP contribution in [0, 0.1) is 0 Å². The molecule has 4 aromatic rings. The molecule has 1 atom stereocenters. The Morgan fingerprint density at radius 1 is 1.02 bits per heavy atom. The van der Waals surface area contributed by atoms with Crippen molar-refractivity contribution in [1.29, 1.82) is 0 Å². The number of carbonyl (C=O) groups is 2. The average Bonchev–Trinajstić information content (AvgIpc) is 3.66. The predicted molar refractivity (Wildman–Crippen MR) is 151 cm³/mol. The van der Waals surface area contributed by atoms with Crippen LogP contribution in [0.25, 0.3) is 17.3 Å². The Balaban J connectivity index is 1.20. The second-order valence-corrected chi connectivity index (χ2v) is 10.5. The first kappa shape index (κ1) is 27.6. The molecule has 0 radical (unpaired) electrons. The van der Waals surface area contributed by atoms with Crippen LogP contribution in [0.4, 0.5) is 0 Å². The number of furan rings is 1. The number of ether oxygens (including phenoxy) is 2. The molecule has 5 rings (SSSR count). The number of aromatic nitrogens is 3. The van der Waals surface area contributed by atoms with Gasteiger partial charge in [0.15, 0.2) is 17.5 Å². The van der Waals surface area contributed by atoms with Gasteiger partial charge in [0.1, 0.15) is 11.5 Å². The quantitative estimate of drug-likeness (QED) is 0.268. The van der Waals surface area contributed by atoms with E-state index in [-0.39, 0.29) is 30.2 Å². The highest BCUT2D eigenvalue weighted by atomic mass is 35.5. The first-order chi connectivity index (χ1) is 19.4. The summed E-state index contributed by atoms with van der Waals surface area (Å²) in [6.07, 6.45) is 1.58. The van der Waals surface area contributed by atoms with Crippen molar-refractivity contribution in [3.63, 3.8) is 0 Å². The molecule has 3 heterocycles. The minimum absolute atomic E-state index is 0.0369. The largest absolute Gasteiger partial charge is 0.497 e. The van der Waals surface area contributed by atoms with Gasteiger partial charge in [0.25, 0.3) is 5.91 Å². The number of carbonyl (C=O) groups excluding carboxylic acids is 2. The Bertz CT molecular complexity index is 1440. The smallest absolute Gasteiger partial charge is 0.260 e. The second-order valence-electron chi connectivity index (χ2n) is 9.12. The number of thioether (sulfide) groups is 1. The standard InChI is InChI=1S/C28H28ClN5O5S/c1-19-16-32(13-14-33(19)25(35)17-39-23-9-5-20(29)6-10-23)26(36)18-40-28-31-30-27(24-4-3-15-38-24)34(28)21-7-11-22(37-2)12-8-21/h3-12,15,19H,13-14,16-18H2,1-2H3. The van der Waals surface area contributed by atoms with Crippen molar-refractivity contribution >= 4 is 35.2 Å². The molecule has 208 valence electrons. The number of nitrogens with zero attached hydrogens (tertiary/aromatic N) is 5. The fraction of sp³-hybridized carbons (Fsp3) is 0.286. The Labute approximate surface area is 240 Å². The highest BCUT2D eigenvalue weighted by molar-refractivity contribution is 7.99. The van der Waals surface area contributed by atoms with Crippen LogP contribution in [-0.4, -0.2) is 81.5 Å². The van der Waals surface area contributed by atoms with E-state index >= 15 is 0 Å². The number of benzene rings is 2. The second kappa shape index (κ2) is 12.5. The van der Waals surface area contributed by atoms with E-state index in [0.29, 0.717) is 47.1 Å². The molecular formula is C28H28ClN5O5S. The fourth-order valence-corrected chi connectivity index (χ4v) is 5.40. The molecule has 10 nitrogen and oxygen atoms in total. The van der Waals surface area contributed by atoms with E-state index in [1.807, 2.05) is 41.8 Å². The Morgan fingerprint density at radius 2 is 1.77 bits per heavy atom. The summed E-state index contributed by atoms with van der Waals surface area (Å²) in [4.78, 5) is 29.5. The van der Waals surface area contributed by atoms with Crippen molar-refractivity contribution in [3.05, 3.63) is 71.9 Å². The third-order valence-corrected chi connectivity index (χ3v) is 7.67. The van der Waals surface area contributed by atoms with Gasteiger partial charge in [-0.25, -0.2) is 0 Å². The SMILES string of the molecule is COc1ccc(-n2c(SCC(=O)N3CCN(C(=O)COc4ccc(Cl)cc4)C(C)C3)nnc2-c2ccco2)cc1. The van der Waals surface area contributed by atoms with Gasteiger partial charge in [-0.1, -0.05) is 23.4 Å². The van der Waals surface area contributed by atoms with Crippen molar-refractivity contribution in [2.45, 2.75) is 18.1 Å². The zero-order valence-electron chi connectivity index (χ0n) is 22.0.